The van der Waals surface area contributed by atoms with Crippen LogP contribution in [0.5, 0.6) is 0 Å². The van der Waals surface area contributed by atoms with Gasteiger partial charge in [0.05, 0.1) is 16.8 Å². The van der Waals surface area contributed by atoms with E-state index in [1.165, 1.54) is 24.4 Å². The highest BCUT2D eigenvalue weighted by atomic mass is 32.2. The third-order valence-corrected chi connectivity index (χ3v) is 4.79. The number of hydrogen-bond donors (Lipinski definition) is 2. The third kappa shape index (κ3) is 4.33. The molecule has 3 aromatic rings. The Kier molecular flexibility index (Phi) is 4.67. The van der Waals surface area contributed by atoms with Crippen molar-refractivity contribution >= 4 is 27.2 Å². The zero-order valence-corrected chi connectivity index (χ0v) is 14.2. The first-order valence-electron chi connectivity index (χ1n) is 7.50. The number of sulfonamides is 1. The number of nitrogens with one attached hydrogen (secondary N) is 2. The Balaban J connectivity index is 1.74. The molecular weight excluding hydrogens is 341 g/mol. The molecule has 0 aliphatic heterocycles. The molecule has 0 fully saturated rings. The van der Waals surface area contributed by atoms with Crippen LogP contribution in [0.25, 0.3) is 0 Å². The summed E-state index contributed by atoms with van der Waals surface area (Å²) in [6.45, 7) is 1.83. The number of nitrogens with zero attached hydrogens (tertiary/aromatic N) is 1. The Labute approximate surface area is 145 Å². The molecule has 0 atom stereocenters. The highest BCUT2D eigenvalue weighted by molar-refractivity contribution is 7.92. The van der Waals surface area contributed by atoms with Crippen molar-refractivity contribution in [2.45, 2.75) is 11.8 Å². The predicted molar refractivity (Wildman–Crippen MR) is 95.9 cm³/mol. The standard InChI is InChI=1S/C18H16FN3O2S/c1-13-4-2-7-17(10-13)25(23,24)22-16-8-9-18(20-12-16)21-15-6-3-5-14(19)11-15/h2-12,22H,1H3,(H,20,21). The summed E-state index contributed by atoms with van der Waals surface area (Å²) in [5.41, 5.74) is 1.75. The lowest BCUT2D eigenvalue weighted by Crippen LogP contribution is -2.13. The molecule has 2 aromatic carbocycles. The van der Waals surface area contributed by atoms with Crippen molar-refractivity contribution in [3.63, 3.8) is 0 Å². The number of anilines is 3. The summed E-state index contributed by atoms with van der Waals surface area (Å²) in [7, 11) is -3.67. The second kappa shape index (κ2) is 6.90. The number of aryl methyl sites for hydroxylation is 1. The fraction of sp³-hybridized carbons (Fsp3) is 0.0556. The monoisotopic (exact) mass is 357 g/mol. The van der Waals surface area contributed by atoms with Crippen molar-refractivity contribution in [2.75, 3.05) is 10.0 Å². The minimum absolute atomic E-state index is 0.189. The van der Waals surface area contributed by atoms with Crippen LogP contribution in [0.15, 0.2) is 71.8 Å². The zero-order valence-electron chi connectivity index (χ0n) is 13.4. The van der Waals surface area contributed by atoms with Crippen LogP contribution in [-0.4, -0.2) is 13.4 Å². The summed E-state index contributed by atoms with van der Waals surface area (Å²) in [5.74, 6) is 0.122. The fourth-order valence-electron chi connectivity index (χ4n) is 2.24. The number of pyridine rings is 1. The van der Waals surface area contributed by atoms with Crippen molar-refractivity contribution < 1.29 is 12.8 Å². The van der Waals surface area contributed by atoms with E-state index in [9.17, 15) is 12.8 Å². The molecule has 2 N–H and O–H groups in total. The number of rotatable bonds is 5. The van der Waals surface area contributed by atoms with Crippen LogP contribution in [0.2, 0.25) is 0 Å². The molecule has 128 valence electrons. The Bertz CT molecular complexity index is 989. The molecule has 0 spiro atoms. The first-order chi connectivity index (χ1) is 11.9. The number of benzene rings is 2. The van der Waals surface area contributed by atoms with E-state index in [0.717, 1.165) is 5.56 Å². The van der Waals surface area contributed by atoms with Gasteiger partial charge in [0.2, 0.25) is 0 Å². The molecule has 0 amide bonds. The zero-order chi connectivity index (χ0) is 17.9. The van der Waals surface area contributed by atoms with Crippen molar-refractivity contribution in [1.82, 2.24) is 4.98 Å². The van der Waals surface area contributed by atoms with Crippen molar-refractivity contribution in [2.24, 2.45) is 0 Å². The van der Waals surface area contributed by atoms with E-state index in [1.54, 1.807) is 36.4 Å². The topological polar surface area (TPSA) is 71.1 Å². The minimum atomic E-state index is -3.67. The molecule has 5 nitrogen and oxygen atoms in total. The molecule has 3 rings (SSSR count). The van der Waals surface area contributed by atoms with Gasteiger partial charge in [-0.3, -0.25) is 4.72 Å². The molecule has 0 saturated carbocycles. The molecular formula is C18H16FN3O2S. The highest BCUT2D eigenvalue weighted by Crippen LogP contribution is 2.19. The van der Waals surface area contributed by atoms with E-state index < -0.39 is 10.0 Å². The maximum Gasteiger partial charge on any atom is 0.261 e. The second-order valence-electron chi connectivity index (χ2n) is 5.49. The maximum atomic E-state index is 13.2. The molecule has 7 heteroatoms. The van der Waals surface area contributed by atoms with Crippen LogP contribution in [0.3, 0.4) is 0 Å². The first kappa shape index (κ1) is 16.9. The van der Waals surface area contributed by atoms with Gasteiger partial charge in [-0.15, -0.1) is 0 Å². The van der Waals surface area contributed by atoms with E-state index in [-0.39, 0.29) is 10.7 Å². The Morgan fingerprint density at radius 3 is 2.44 bits per heavy atom. The summed E-state index contributed by atoms with van der Waals surface area (Å²) >= 11 is 0. The van der Waals surface area contributed by atoms with Crippen LogP contribution < -0.4 is 10.0 Å². The van der Waals surface area contributed by atoms with E-state index in [4.69, 9.17) is 0 Å². The molecule has 0 radical (unpaired) electrons. The lowest BCUT2D eigenvalue weighted by molar-refractivity contribution is 0.601. The van der Waals surface area contributed by atoms with Crippen molar-refractivity contribution in [3.05, 3.63) is 78.2 Å². The fourth-order valence-corrected chi connectivity index (χ4v) is 3.39. The van der Waals surface area contributed by atoms with Crippen LogP contribution >= 0.6 is 0 Å². The molecule has 0 aliphatic carbocycles. The van der Waals surface area contributed by atoms with Gasteiger partial charge in [0, 0.05) is 5.69 Å². The van der Waals surface area contributed by atoms with E-state index in [2.05, 4.69) is 15.0 Å². The SMILES string of the molecule is Cc1cccc(S(=O)(=O)Nc2ccc(Nc3cccc(F)c3)nc2)c1. The van der Waals surface area contributed by atoms with Crippen LogP contribution in [0.4, 0.5) is 21.6 Å². The molecule has 1 heterocycles. The van der Waals surface area contributed by atoms with Gasteiger partial charge in [0.15, 0.2) is 0 Å². The third-order valence-electron chi connectivity index (χ3n) is 3.41. The quantitative estimate of drug-likeness (QED) is 0.722. The van der Waals surface area contributed by atoms with Crippen LogP contribution in [0, 0.1) is 12.7 Å². The van der Waals surface area contributed by atoms with Gasteiger partial charge in [-0.2, -0.15) is 0 Å². The summed E-state index contributed by atoms with van der Waals surface area (Å²) in [4.78, 5) is 4.33. The van der Waals surface area contributed by atoms with E-state index in [0.29, 0.717) is 17.2 Å². The smallest absolute Gasteiger partial charge is 0.261 e. The largest absolute Gasteiger partial charge is 0.340 e. The number of halogens is 1. The Morgan fingerprint density at radius 2 is 1.76 bits per heavy atom. The van der Waals surface area contributed by atoms with Gasteiger partial charge >= 0.3 is 0 Å². The lowest BCUT2D eigenvalue weighted by atomic mass is 10.2. The van der Waals surface area contributed by atoms with Crippen LogP contribution in [-0.2, 0) is 10.0 Å². The van der Waals surface area contributed by atoms with Gasteiger partial charge in [-0.1, -0.05) is 18.2 Å². The summed E-state index contributed by atoms with van der Waals surface area (Å²) in [6.07, 6.45) is 1.40. The highest BCUT2D eigenvalue weighted by Gasteiger charge is 2.14. The second-order valence-corrected chi connectivity index (χ2v) is 7.17. The first-order valence-corrected chi connectivity index (χ1v) is 8.99. The van der Waals surface area contributed by atoms with E-state index >= 15 is 0 Å². The van der Waals surface area contributed by atoms with Gasteiger partial charge in [0.1, 0.15) is 11.6 Å². The van der Waals surface area contributed by atoms with Crippen molar-refractivity contribution in [1.29, 1.82) is 0 Å². The predicted octanol–water partition coefficient (Wildman–Crippen LogP) is 4.07. The molecule has 25 heavy (non-hydrogen) atoms. The van der Waals surface area contributed by atoms with Crippen LogP contribution in [0.1, 0.15) is 5.56 Å². The maximum absolute atomic E-state index is 13.2. The average molecular weight is 357 g/mol. The molecule has 0 unspecified atom stereocenters. The average Bonchev–Trinajstić information content (AvgIpc) is 2.56. The Morgan fingerprint density at radius 1 is 0.960 bits per heavy atom. The van der Waals surface area contributed by atoms with Gasteiger partial charge in [-0.05, 0) is 55.0 Å². The van der Waals surface area contributed by atoms with Gasteiger partial charge in [0.25, 0.3) is 10.0 Å². The molecule has 1 aromatic heterocycles. The van der Waals surface area contributed by atoms with Gasteiger partial charge in [-0.25, -0.2) is 17.8 Å². The summed E-state index contributed by atoms with van der Waals surface area (Å²) in [6, 6.07) is 15.8. The molecule has 0 aliphatic rings. The number of hydrogen-bond acceptors (Lipinski definition) is 4. The normalized spacial score (nSPS) is 11.1. The summed E-state index contributed by atoms with van der Waals surface area (Å²) in [5, 5.41) is 2.95. The Hall–Kier alpha value is -2.93. The lowest BCUT2D eigenvalue weighted by Gasteiger charge is -2.10. The molecule has 0 saturated heterocycles. The molecule has 0 bridgehead atoms. The minimum Gasteiger partial charge on any atom is -0.340 e. The van der Waals surface area contributed by atoms with Gasteiger partial charge < -0.3 is 5.32 Å². The summed E-state index contributed by atoms with van der Waals surface area (Å²) < 4.78 is 40.4. The number of aromatic nitrogens is 1. The van der Waals surface area contributed by atoms with E-state index in [1.807, 2.05) is 13.0 Å². The van der Waals surface area contributed by atoms with Crippen molar-refractivity contribution in [3.8, 4) is 0 Å².